The molecular weight excluding hydrogens is 224 g/mol. The third-order valence-electron chi connectivity index (χ3n) is 2.77. The fourth-order valence-electron chi connectivity index (χ4n) is 1.99. The van der Waals surface area contributed by atoms with Crippen molar-refractivity contribution in [1.82, 2.24) is 9.97 Å². The van der Waals surface area contributed by atoms with Gasteiger partial charge in [-0.1, -0.05) is 24.1 Å². The number of benzene rings is 1. The Balaban J connectivity index is 2.55. The standard InChI is InChI=1S/C14H18N4/c1-4-12-8-13(18-15)17-14(16-12)11-6-9(2)5-10(3)7-11/h5-8H,4,15H2,1-3H3,(H,16,17,18). The summed E-state index contributed by atoms with van der Waals surface area (Å²) in [6.45, 7) is 6.21. The fourth-order valence-corrected chi connectivity index (χ4v) is 1.99. The van der Waals surface area contributed by atoms with E-state index in [9.17, 15) is 0 Å². The van der Waals surface area contributed by atoms with Gasteiger partial charge in [0.25, 0.3) is 0 Å². The van der Waals surface area contributed by atoms with Crippen molar-refractivity contribution in [2.45, 2.75) is 27.2 Å². The number of aryl methyl sites for hydroxylation is 3. The molecule has 0 radical (unpaired) electrons. The molecule has 1 aromatic carbocycles. The number of hydrogen-bond acceptors (Lipinski definition) is 4. The zero-order valence-corrected chi connectivity index (χ0v) is 11.0. The molecule has 2 aromatic rings. The summed E-state index contributed by atoms with van der Waals surface area (Å²) in [7, 11) is 0. The summed E-state index contributed by atoms with van der Waals surface area (Å²) in [6.07, 6.45) is 0.856. The maximum Gasteiger partial charge on any atom is 0.161 e. The highest BCUT2D eigenvalue weighted by molar-refractivity contribution is 5.59. The van der Waals surface area contributed by atoms with Crippen LogP contribution in [0.15, 0.2) is 24.3 Å². The summed E-state index contributed by atoms with van der Waals surface area (Å²) >= 11 is 0. The molecule has 0 atom stereocenters. The lowest BCUT2D eigenvalue weighted by Gasteiger charge is -2.08. The van der Waals surface area contributed by atoms with Gasteiger partial charge in [-0.2, -0.15) is 0 Å². The Kier molecular flexibility index (Phi) is 3.58. The minimum absolute atomic E-state index is 0.649. The minimum Gasteiger partial charge on any atom is -0.308 e. The van der Waals surface area contributed by atoms with E-state index in [0.29, 0.717) is 11.6 Å². The van der Waals surface area contributed by atoms with E-state index in [1.54, 1.807) is 0 Å². The summed E-state index contributed by atoms with van der Waals surface area (Å²) in [6, 6.07) is 8.17. The van der Waals surface area contributed by atoms with Crippen LogP contribution in [0.4, 0.5) is 5.82 Å². The summed E-state index contributed by atoms with van der Waals surface area (Å²) in [5, 5.41) is 0. The summed E-state index contributed by atoms with van der Waals surface area (Å²) < 4.78 is 0. The van der Waals surface area contributed by atoms with Gasteiger partial charge in [-0.15, -0.1) is 0 Å². The largest absolute Gasteiger partial charge is 0.308 e. The van der Waals surface area contributed by atoms with Gasteiger partial charge in [0.1, 0.15) is 5.82 Å². The number of nitrogens with two attached hydrogens (primary N) is 1. The van der Waals surface area contributed by atoms with E-state index in [2.05, 4.69) is 54.4 Å². The van der Waals surface area contributed by atoms with Crippen LogP contribution in [0, 0.1) is 13.8 Å². The van der Waals surface area contributed by atoms with Crippen molar-refractivity contribution >= 4 is 5.82 Å². The molecule has 0 aliphatic carbocycles. The van der Waals surface area contributed by atoms with Crippen LogP contribution in [0.2, 0.25) is 0 Å². The monoisotopic (exact) mass is 242 g/mol. The first-order valence-corrected chi connectivity index (χ1v) is 6.05. The van der Waals surface area contributed by atoms with E-state index < -0.39 is 0 Å². The number of nitrogens with zero attached hydrogens (tertiary/aromatic N) is 2. The molecule has 0 spiro atoms. The Morgan fingerprint density at radius 2 is 1.72 bits per heavy atom. The second-order valence-electron chi connectivity index (χ2n) is 4.44. The van der Waals surface area contributed by atoms with Gasteiger partial charge in [0.2, 0.25) is 0 Å². The second-order valence-corrected chi connectivity index (χ2v) is 4.44. The molecule has 0 saturated carbocycles. The zero-order valence-electron chi connectivity index (χ0n) is 11.0. The first kappa shape index (κ1) is 12.5. The van der Waals surface area contributed by atoms with Gasteiger partial charge in [0.05, 0.1) is 0 Å². The molecule has 4 nitrogen and oxygen atoms in total. The first-order chi connectivity index (χ1) is 8.62. The normalized spacial score (nSPS) is 10.4. The van der Waals surface area contributed by atoms with Crippen molar-refractivity contribution in [3.05, 3.63) is 41.1 Å². The van der Waals surface area contributed by atoms with Crippen molar-refractivity contribution in [3.8, 4) is 11.4 Å². The highest BCUT2D eigenvalue weighted by atomic mass is 15.3. The van der Waals surface area contributed by atoms with Crippen LogP contribution >= 0.6 is 0 Å². The maximum atomic E-state index is 5.44. The van der Waals surface area contributed by atoms with Crippen molar-refractivity contribution in [3.63, 3.8) is 0 Å². The van der Waals surface area contributed by atoms with E-state index in [1.165, 1.54) is 11.1 Å². The summed E-state index contributed by atoms with van der Waals surface area (Å²) in [5.74, 6) is 6.81. The number of nitrogens with one attached hydrogen (secondary N) is 1. The van der Waals surface area contributed by atoms with Crippen LogP contribution in [-0.2, 0) is 6.42 Å². The van der Waals surface area contributed by atoms with E-state index in [1.807, 2.05) is 6.07 Å². The quantitative estimate of drug-likeness (QED) is 0.641. The van der Waals surface area contributed by atoms with Crippen LogP contribution in [0.5, 0.6) is 0 Å². The average molecular weight is 242 g/mol. The number of hydrazine groups is 1. The smallest absolute Gasteiger partial charge is 0.161 e. The van der Waals surface area contributed by atoms with Crippen LogP contribution in [0.1, 0.15) is 23.7 Å². The van der Waals surface area contributed by atoms with E-state index >= 15 is 0 Å². The van der Waals surface area contributed by atoms with Crippen LogP contribution in [0.25, 0.3) is 11.4 Å². The molecule has 2 rings (SSSR count). The Bertz CT molecular complexity index is 521. The maximum absolute atomic E-state index is 5.44. The first-order valence-electron chi connectivity index (χ1n) is 6.05. The third kappa shape index (κ3) is 2.65. The lowest BCUT2D eigenvalue weighted by atomic mass is 10.1. The second kappa shape index (κ2) is 5.14. The summed E-state index contributed by atoms with van der Waals surface area (Å²) in [4.78, 5) is 8.95. The number of aromatic nitrogens is 2. The van der Waals surface area contributed by atoms with Gasteiger partial charge in [-0.3, -0.25) is 0 Å². The highest BCUT2D eigenvalue weighted by Crippen LogP contribution is 2.20. The van der Waals surface area contributed by atoms with Crippen LogP contribution in [0.3, 0.4) is 0 Å². The molecule has 0 bridgehead atoms. The van der Waals surface area contributed by atoms with Gasteiger partial charge < -0.3 is 5.43 Å². The van der Waals surface area contributed by atoms with Gasteiger partial charge in [0.15, 0.2) is 5.82 Å². The number of nitrogen functional groups attached to an aromatic ring is 1. The Morgan fingerprint density at radius 3 is 2.28 bits per heavy atom. The Morgan fingerprint density at radius 1 is 1.06 bits per heavy atom. The molecule has 0 saturated heterocycles. The molecule has 4 heteroatoms. The molecule has 18 heavy (non-hydrogen) atoms. The predicted molar refractivity (Wildman–Crippen MR) is 74.1 cm³/mol. The molecular formula is C14H18N4. The highest BCUT2D eigenvalue weighted by Gasteiger charge is 2.06. The topological polar surface area (TPSA) is 63.8 Å². The van der Waals surface area contributed by atoms with Gasteiger partial charge in [0, 0.05) is 17.3 Å². The van der Waals surface area contributed by atoms with Crippen LogP contribution < -0.4 is 11.3 Å². The van der Waals surface area contributed by atoms with E-state index in [4.69, 9.17) is 5.84 Å². The lowest BCUT2D eigenvalue weighted by molar-refractivity contribution is 1.00. The van der Waals surface area contributed by atoms with Crippen molar-refractivity contribution in [2.75, 3.05) is 5.43 Å². The molecule has 0 fully saturated rings. The van der Waals surface area contributed by atoms with Crippen molar-refractivity contribution in [1.29, 1.82) is 0 Å². The Labute approximate surface area is 107 Å². The van der Waals surface area contributed by atoms with E-state index in [0.717, 1.165) is 17.7 Å². The number of rotatable bonds is 3. The van der Waals surface area contributed by atoms with Gasteiger partial charge in [-0.25, -0.2) is 15.8 Å². The molecule has 3 N–H and O–H groups in total. The average Bonchev–Trinajstić information content (AvgIpc) is 2.37. The van der Waals surface area contributed by atoms with Crippen molar-refractivity contribution in [2.24, 2.45) is 5.84 Å². The molecule has 94 valence electrons. The molecule has 0 aliphatic rings. The SMILES string of the molecule is CCc1cc(NN)nc(-c2cc(C)cc(C)c2)n1. The predicted octanol–water partition coefficient (Wildman–Crippen LogP) is 2.61. The molecule has 0 amide bonds. The molecule has 1 heterocycles. The Hall–Kier alpha value is -1.94. The molecule has 1 aromatic heterocycles. The van der Waals surface area contributed by atoms with Crippen LogP contribution in [-0.4, -0.2) is 9.97 Å². The minimum atomic E-state index is 0.649. The number of hydrogen-bond donors (Lipinski definition) is 2. The van der Waals surface area contributed by atoms with Gasteiger partial charge in [-0.05, 0) is 32.4 Å². The van der Waals surface area contributed by atoms with Crippen molar-refractivity contribution < 1.29 is 0 Å². The summed E-state index contributed by atoms with van der Waals surface area (Å²) in [5.41, 5.74) is 7.01. The van der Waals surface area contributed by atoms with Gasteiger partial charge >= 0.3 is 0 Å². The van der Waals surface area contributed by atoms with E-state index in [-0.39, 0.29) is 0 Å². The molecule has 0 aliphatic heterocycles. The number of anilines is 1. The third-order valence-corrected chi connectivity index (χ3v) is 2.77. The lowest BCUT2D eigenvalue weighted by Crippen LogP contribution is -2.10. The fraction of sp³-hybridized carbons (Fsp3) is 0.286. The molecule has 0 unspecified atom stereocenters. The zero-order chi connectivity index (χ0) is 13.1.